The van der Waals surface area contributed by atoms with E-state index in [-0.39, 0.29) is 0 Å². The number of alkyl halides is 6. The normalized spacial score (nSPS) is 12.0. The Morgan fingerprint density at radius 2 is 0.785 bits per heavy atom. The molecule has 2 heterocycles. The lowest BCUT2D eigenvalue weighted by atomic mass is 9.95. The molecule has 0 unspecified atom stereocenters. The summed E-state index contributed by atoms with van der Waals surface area (Å²) in [6.45, 7) is 5.18. The van der Waals surface area contributed by atoms with Gasteiger partial charge in [0.25, 0.3) is 0 Å². The minimum absolute atomic E-state index is 0.330. The van der Waals surface area contributed by atoms with Crippen molar-refractivity contribution in [2.75, 3.05) is 0 Å². The van der Waals surface area contributed by atoms with Gasteiger partial charge in [0.15, 0.2) is 0 Å². The van der Waals surface area contributed by atoms with E-state index in [0.29, 0.717) is 67.0 Å². The van der Waals surface area contributed by atoms with Crippen molar-refractivity contribution in [2.24, 2.45) is 0 Å². The van der Waals surface area contributed by atoms with Crippen molar-refractivity contribution in [1.29, 1.82) is 10.5 Å². The first-order valence-corrected chi connectivity index (χ1v) is 20.7. The van der Waals surface area contributed by atoms with Gasteiger partial charge in [-0.3, -0.25) is 0 Å². The van der Waals surface area contributed by atoms with Crippen molar-refractivity contribution in [1.82, 2.24) is 9.13 Å². The Hall–Kier alpha value is -8.08. The van der Waals surface area contributed by atoms with Gasteiger partial charge < -0.3 is 9.13 Å². The lowest BCUT2D eigenvalue weighted by molar-refractivity contribution is -0.138. The van der Waals surface area contributed by atoms with Crippen LogP contribution in [-0.4, -0.2) is 9.13 Å². The first kappa shape index (κ1) is 41.0. The molecule has 10 aromatic rings. The van der Waals surface area contributed by atoms with Crippen molar-refractivity contribution < 1.29 is 26.3 Å². The molecular formula is C55H34F6N4. The second-order valence-corrected chi connectivity index (χ2v) is 16.5. The van der Waals surface area contributed by atoms with Crippen LogP contribution in [0, 0.1) is 43.4 Å². The third-order valence-electron chi connectivity index (χ3n) is 12.0. The highest BCUT2D eigenvalue weighted by molar-refractivity contribution is 6.13. The zero-order valence-corrected chi connectivity index (χ0v) is 35.0. The molecule has 0 aliphatic heterocycles. The predicted octanol–water partition coefficient (Wildman–Crippen LogP) is 15.6. The Morgan fingerprint density at radius 1 is 0.385 bits per heavy atom. The van der Waals surface area contributed by atoms with Crippen molar-refractivity contribution in [3.8, 4) is 56.9 Å². The van der Waals surface area contributed by atoms with Crippen LogP contribution in [0.15, 0.2) is 152 Å². The van der Waals surface area contributed by atoms with E-state index < -0.39 is 23.5 Å². The topological polar surface area (TPSA) is 57.4 Å². The van der Waals surface area contributed by atoms with Gasteiger partial charge in [-0.2, -0.15) is 36.9 Å². The van der Waals surface area contributed by atoms with Crippen LogP contribution in [0.25, 0.3) is 88.4 Å². The minimum atomic E-state index is -4.53. The van der Waals surface area contributed by atoms with Crippen molar-refractivity contribution >= 4 is 43.6 Å². The smallest absolute Gasteiger partial charge is 0.308 e. The molecule has 316 valence electrons. The number of para-hydroxylation sites is 2. The molecule has 0 saturated carbocycles. The van der Waals surface area contributed by atoms with Gasteiger partial charge in [-0.15, -0.1) is 0 Å². The fraction of sp³-hybridized carbons (Fsp3) is 0.0909. The maximum absolute atomic E-state index is 14.0. The number of halogens is 6. The highest BCUT2D eigenvalue weighted by Gasteiger charge is 2.32. The van der Waals surface area contributed by atoms with Crippen LogP contribution in [0.4, 0.5) is 26.3 Å². The van der Waals surface area contributed by atoms with E-state index in [2.05, 4.69) is 21.3 Å². The molecule has 0 amide bonds. The summed E-state index contributed by atoms with van der Waals surface area (Å²) < 4.78 is 88.1. The fourth-order valence-corrected chi connectivity index (χ4v) is 9.37. The Morgan fingerprint density at radius 3 is 1.23 bits per heavy atom. The molecule has 0 fully saturated rings. The van der Waals surface area contributed by atoms with Gasteiger partial charge >= 0.3 is 12.4 Å². The molecule has 0 atom stereocenters. The van der Waals surface area contributed by atoms with Gasteiger partial charge in [0.05, 0.1) is 67.8 Å². The number of nitriles is 2. The average Bonchev–Trinajstić information content (AvgIpc) is 3.79. The quantitative estimate of drug-likeness (QED) is 0.162. The van der Waals surface area contributed by atoms with Crippen LogP contribution in [0.3, 0.4) is 0 Å². The van der Waals surface area contributed by atoms with Crippen molar-refractivity contribution in [3.63, 3.8) is 0 Å². The zero-order chi connectivity index (χ0) is 45.5. The Balaban J connectivity index is 1.29. The van der Waals surface area contributed by atoms with E-state index in [0.717, 1.165) is 73.4 Å². The summed E-state index contributed by atoms with van der Waals surface area (Å²) in [6, 6.07) is 48.6. The molecule has 0 spiro atoms. The van der Waals surface area contributed by atoms with Crippen molar-refractivity contribution in [2.45, 2.75) is 33.1 Å². The first-order valence-electron chi connectivity index (χ1n) is 20.7. The molecule has 0 bridgehead atoms. The number of aromatic nitrogens is 2. The number of hydrogen-bond acceptors (Lipinski definition) is 2. The van der Waals surface area contributed by atoms with Crippen LogP contribution < -0.4 is 0 Å². The largest absolute Gasteiger partial charge is 0.416 e. The molecule has 2 aromatic heterocycles. The van der Waals surface area contributed by atoms with Crippen LogP contribution in [-0.2, 0) is 12.4 Å². The Labute approximate surface area is 369 Å². The van der Waals surface area contributed by atoms with Crippen LogP contribution >= 0.6 is 0 Å². The molecule has 8 aromatic carbocycles. The second kappa shape index (κ2) is 15.0. The monoisotopic (exact) mass is 864 g/mol. The van der Waals surface area contributed by atoms with E-state index in [9.17, 15) is 36.9 Å². The summed E-state index contributed by atoms with van der Waals surface area (Å²) in [7, 11) is 0. The molecule has 0 radical (unpaired) electrons. The third kappa shape index (κ3) is 7.04. The lowest BCUT2D eigenvalue weighted by Crippen LogP contribution is -2.06. The van der Waals surface area contributed by atoms with E-state index in [1.165, 1.54) is 0 Å². The van der Waals surface area contributed by atoms with Crippen molar-refractivity contribution in [3.05, 3.63) is 191 Å². The fourth-order valence-electron chi connectivity index (χ4n) is 9.37. The third-order valence-corrected chi connectivity index (χ3v) is 12.0. The van der Waals surface area contributed by atoms with Crippen LogP contribution in [0.2, 0.25) is 0 Å². The number of benzene rings is 8. The van der Waals surface area contributed by atoms with E-state index in [1.54, 1.807) is 44.2 Å². The summed E-state index contributed by atoms with van der Waals surface area (Å²) in [5.41, 5.74) is 8.74. The lowest BCUT2D eigenvalue weighted by Gasteiger charge is -2.21. The standard InChI is InChI=1S/C55H34F6N4/c1-31-16-34(29-62)22-40(19-31)53-51(64-47-10-6-4-8-43(47)45-27-36(12-14-49(45)64)38-17-32(2)20-41(25-38)54(56,57)58)23-35(30-63)24-52(53)65-48-11-7-5-9-44(48)46-28-37(13-15-50(46)65)39-18-33(3)21-42(26-39)55(59,60)61/h4-28H,1-3H3. The average molecular weight is 865 g/mol. The molecule has 10 heteroatoms. The van der Waals surface area contributed by atoms with Crippen LogP contribution in [0.1, 0.15) is 38.9 Å². The number of fused-ring (bicyclic) bond motifs is 6. The summed E-state index contributed by atoms with van der Waals surface area (Å²) >= 11 is 0. The highest BCUT2D eigenvalue weighted by atomic mass is 19.4. The van der Waals surface area contributed by atoms with Crippen LogP contribution in [0.5, 0.6) is 0 Å². The zero-order valence-electron chi connectivity index (χ0n) is 35.0. The number of aryl methyl sites for hydroxylation is 3. The molecule has 0 saturated heterocycles. The van der Waals surface area contributed by atoms with Gasteiger partial charge in [0.2, 0.25) is 0 Å². The first-order chi connectivity index (χ1) is 31.1. The summed E-state index contributed by atoms with van der Waals surface area (Å²) in [4.78, 5) is 0. The van der Waals surface area contributed by atoms with E-state index in [1.807, 2.05) is 104 Å². The van der Waals surface area contributed by atoms with Gasteiger partial charge in [-0.05, 0) is 150 Å². The molecule has 10 rings (SSSR count). The van der Waals surface area contributed by atoms with Gasteiger partial charge in [0.1, 0.15) is 0 Å². The molecule has 0 aliphatic carbocycles. The molecule has 0 aliphatic rings. The maximum Gasteiger partial charge on any atom is 0.416 e. The second-order valence-electron chi connectivity index (χ2n) is 16.5. The van der Waals surface area contributed by atoms with E-state index in [4.69, 9.17) is 0 Å². The number of rotatable bonds is 5. The highest BCUT2D eigenvalue weighted by Crippen LogP contribution is 2.45. The summed E-state index contributed by atoms with van der Waals surface area (Å²) in [5, 5.41) is 24.3. The maximum atomic E-state index is 14.0. The minimum Gasteiger partial charge on any atom is -0.308 e. The molecule has 4 nitrogen and oxygen atoms in total. The SMILES string of the molecule is Cc1cc(C#N)cc(-c2c(-n3c4ccccc4c4cc(-c5cc(C)cc(C(F)(F)F)c5)ccc43)cc(C#N)cc2-n2c3ccccc3c3cc(-c4cc(C)cc(C(F)(F)F)c4)ccc32)c1. The Kier molecular flexibility index (Phi) is 9.47. The molecular weight excluding hydrogens is 831 g/mol. The van der Waals surface area contributed by atoms with Gasteiger partial charge in [-0.1, -0.05) is 66.7 Å². The summed E-state index contributed by atoms with van der Waals surface area (Å²) in [6.07, 6.45) is -9.05. The molecule has 0 N–H and O–H groups in total. The van der Waals surface area contributed by atoms with E-state index >= 15 is 0 Å². The number of hydrogen-bond donors (Lipinski definition) is 0. The van der Waals surface area contributed by atoms with Gasteiger partial charge in [-0.25, -0.2) is 0 Å². The van der Waals surface area contributed by atoms with Gasteiger partial charge in [0, 0.05) is 27.1 Å². The Bertz CT molecular complexity index is 3500. The number of nitrogens with zero attached hydrogens (tertiary/aromatic N) is 4. The predicted molar refractivity (Wildman–Crippen MR) is 245 cm³/mol. The molecule has 65 heavy (non-hydrogen) atoms. The summed E-state index contributed by atoms with van der Waals surface area (Å²) in [5.74, 6) is 0.